The number of rotatable bonds is 6. The summed E-state index contributed by atoms with van der Waals surface area (Å²) < 4.78 is 3.90. The number of anilines is 1. The molecule has 0 spiro atoms. The molecular formula is C22H21N7. The minimum atomic E-state index is -0.0759. The second-order valence-electron chi connectivity index (χ2n) is 7.14. The van der Waals surface area contributed by atoms with Crippen molar-refractivity contribution in [3.63, 3.8) is 0 Å². The first-order chi connectivity index (χ1) is 14.3. The van der Waals surface area contributed by atoms with Crippen LogP contribution >= 0.6 is 0 Å². The number of hydrogen-bond donors (Lipinski definition) is 1. The lowest BCUT2D eigenvalue weighted by Crippen LogP contribution is -2.22. The van der Waals surface area contributed by atoms with Crippen LogP contribution in [0.15, 0.2) is 72.8 Å². The fraction of sp³-hybridized carbons (Fsp3) is 0.182. The fourth-order valence-electron chi connectivity index (χ4n) is 3.54. The van der Waals surface area contributed by atoms with Gasteiger partial charge in [-0.3, -0.25) is 0 Å². The highest BCUT2D eigenvalue weighted by Crippen LogP contribution is 2.22. The molecule has 0 fully saturated rings. The van der Waals surface area contributed by atoms with Gasteiger partial charge in [-0.05, 0) is 43.3 Å². The standard InChI is InChI=1S/C22H21N7/c1-16-10-12-17(13-11-16)23-22(29-21-9-5-3-7-19(21)25-27-29)14-15-28-20-8-4-2-6-18(20)24-26-28/h2-13,22-23H,14-15H2,1H3. The summed E-state index contributed by atoms with van der Waals surface area (Å²) in [6.07, 6.45) is 0.697. The summed E-state index contributed by atoms with van der Waals surface area (Å²) in [5, 5.41) is 21.0. The Morgan fingerprint density at radius 3 is 2.24 bits per heavy atom. The van der Waals surface area contributed by atoms with E-state index < -0.39 is 0 Å². The minimum absolute atomic E-state index is 0.0759. The van der Waals surface area contributed by atoms with Crippen LogP contribution in [-0.2, 0) is 6.54 Å². The van der Waals surface area contributed by atoms with E-state index in [0.29, 0.717) is 6.54 Å². The Balaban J connectivity index is 1.46. The Hall–Kier alpha value is -3.74. The number of fused-ring (bicyclic) bond motifs is 2. The van der Waals surface area contributed by atoms with Gasteiger partial charge in [0.2, 0.25) is 0 Å². The summed E-state index contributed by atoms with van der Waals surface area (Å²) in [5.74, 6) is 0. The molecule has 0 radical (unpaired) electrons. The van der Waals surface area contributed by atoms with Crippen molar-refractivity contribution in [2.45, 2.75) is 26.1 Å². The van der Waals surface area contributed by atoms with E-state index in [1.807, 2.05) is 57.9 Å². The van der Waals surface area contributed by atoms with Crippen molar-refractivity contribution >= 4 is 27.8 Å². The first kappa shape index (κ1) is 17.4. The molecule has 144 valence electrons. The molecule has 0 aliphatic heterocycles. The van der Waals surface area contributed by atoms with E-state index in [0.717, 1.165) is 34.2 Å². The molecule has 1 unspecified atom stereocenters. The third-order valence-corrected chi connectivity index (χ3v) is 5.09. The summed E-state index contributed by atoms with van der Waals surface area (Å²) in [5.41, 5.74) is 6.10. The Morgan fingerprint density at radius 2 is 1.45 bits per heavy atom. The van der Waals surface area contributed by atoms with Gasteiger partial charge in [-0.2, -0.15) is 0 Å². The van der Waals surface area contributed by atoms with Crippen molar-refractivity contribution < 1.29 is 0 Å². The molecule has 0 amide bonds. The Labute approximate surface area is 168 Å². The summed E-state index contributed by atoms with van der Waals surface area (Å²) in [4.78, 5) is 0. The second kappa shape index (κ2) is 7.35. The first-order valence-corrected chi connectivity index (χ1v) is 9.69. The van der Waals surface area contributed by atoms with Gasteiger partial charge in [0.05, 0.1) is 11.0 Å². The molecule has 7 heteroatoms. The van der Waals surface area contributed by atoms with Crippen LogP contribution in [0.4, 0.5) is 5.69 Å². The number of para-hydroxylation sites is 2. The predicted molar refractivity (Wildman–Crippen MR) is 114 cm³/mol. The average molecular weight is 383 g/mol. The second-order valence-corrected chi connectivity index (χ2v) is 7.14. The normalized spacial score (nSPS) is 12.4. The molecule has 5 rings (SSSR count). The number of benzene rings is 3. The quantitative estimate of drug-likeness (QED) is 0.476. The Morgan fingerprint density at radius 1 is 0.793 bits per heavy atom. The smallest absolute Gasteiger partial charge is 0.124 e. The highest BCUT2D eigenvalue weighted by atomic mass is 15.5. The third kappa shape index (κ3) is 3.42. The van der Waals surface area contributed by atoms with Gasteiger partial charge in [0.1, 0.15) is 17.2 Å². The van der Waals surface area contributed by atoms with Crippen LogP contribution in [0.3, 0.4) is 0 Å². The summed E-state index contributed by atoms with van der Waals surface area (Å²) in [7, 11) is 0. The van der Waals surface area contributed by atoms with Crippen molar-refractivity contribution in [3.05, 3.63) is 78.4 Å². The minimum Gasteiger partial charge on any atom is -0.364 e. The lowest BCUT2D eigenvalue weighted by molar-refractivity contribution is 0.427. The zero-order chi connectivity index (χ0) is 19.6. The maximum Gasteiger partial charge on any atom is 0.124 e. The topological polar surface area (TPSA) is 73.5 Å². The molecule has 7 nitrogen and oxygen atoms in total. The van der Waals surface area contributed by atoms with E-state index in [-0.39, 0.29) is 6.17 Å². The summed E-state index contributed by atoms with van der Waals surface area (Å²) in [6.45, 7) is 2.79. The van der Waals surface area contributed by atoms with E-state index >= 15 is 0 Å². The average Bonchev–Trinajstić information content (AvgIpc) is 3.37. The van der Waals surface area contributed by atoms with E-state index in [1.54, 1.807) is 0 Å². The molecule has 5 aromatic rings. The van der Waals surface area contributed by atoms with Crippen LogP contribution < -0.4 is 5.32 Å². The molecule has 0 saturated heterocycles. The fourth-order valence-corrected chi connectivity index (χ4v) is 3.54. The molecule has 1 N–H and O–H groups in total. The highest BCUT2D eigenvalue weighted by molar-refractivity contribution is 5.74. The van der Waals surface area contributed by atoms with Crippen LogP contribution in [-0.4, -0.2) is 30.0 Å². The van der Waals surface area contributed by atoms with Gasteiger partial charge in [0.15, 0.2) is 0 Å². The monoisotopic (exact) mass is 383 g/mol. The number of hydrogen-bond acceptors (Lipinski definition) is 5. The zero-order valence-electron chi connectivity index (χ0n) is 16.1. The van der Waals surface area contributed by atoms with Crippen LogP contribution in [0.2, 0.25) is 0 Å². The maximum atomic E-state index is 4.43. The molecule has 0 bridgehead atoms. The van der Waals surface area contributed by atoms with Crippen molar-refractivity contribution in [1.29, 1.82) is 0 Å². The van der Waals surface area contributed by atoms with Gasteiger partial charge in [0, 0.05) is 18.7 Å². The predicted octanol–water partition coefficient (Wildman–Crippen LogP) is 4.19. The van der Waals surface area contributed by atoms with Crippen molar-refractivity contribution in [3.8, 4) is 0 Å². The van der Waals surface area contributed by atoms with Crippen LogP contribution in [0.25, 0.3) is 22.1 Å². The van der Waals surface area contributed by atoms with Crippen LogP contribution in [0, 0.1) is 6.92 Å². The van der Waals surface area contributed by atoms with Gasteiger partial charge in [-0.15, -0.1) is 10.2 Å². The molecule has 2 heterocycles. The number of nitrogens with one attached hydrogen (secondary N) is 1. The third-order valence-electron chi connectivity index (χ3n) is 5.09. The van der Waals surface area contributed by atoms with Crippen LogP contribution in [0.5, 0.6) is 0 Å². The molecule has 29 heavy (non-hydrogen) atoms. The number of nitrogens with zero attached hydrogens (tertiary/aromatic N) is 6. The summed E-state index contributed by atoms with van der Waals surface area (Å²) in [6, 6.07) is 24.4. The van der Waals surface area contributed by atoms with Gasteiger partial charge >= 0.3 is 0 Å². The molecule has 0 saturated carbocycles. The lowest BCUT2D eigenvalue weighted by atomic mass is 10.2. The van der Waals surface area contributed by atoms with E-state index in [2.05, 4.69) is 57.1 Å². The molecular weight excluding hydrogens is 362 g/mol. The van der Waals surface area contributed by atoms with Crippen LogP contribution in [0.1, 0.15) is 18.2 Å². The van der Waals surface area contributed by atoms with Gasteiger partial charge in [0.25, 0.3) is 0 Å². The van der Waals surface area contributed by atoms with Gasteiger partial charge in [-0.1, -0.05) is 52.4 Å². The Kier molecular flexibility index (Phi) is 4.40. The Bertz CT molecular complexity index is 1250. The van der Waals surface area contributed by atoms with E-state index in [4.69, 9.17) is 0 Å². The zero-order valence-corrected chi connectivity index (χ0v) is 16.1. The molecule has 0 aliphatic carbocycles. The molecule has 1 atom stereocenters. The summed E-state index contributed by atoms with van der Waals surface area (Å²) >= 11 is 0. The SMILES string of the molecule is Cc1ccc(NC(CCn2nnc3ccccc32)n2nnc3ccccc32)cc1. The van der Waals surface area contributed by atoms with Gasteiger partial charge < -0.3 is 5.32 Å². The lowest BCUT2D eigenvalue weighted by Gasteiger charge is -2.21. The van der Waals surface area contributed by atoms with E-state index in [9.17, 15) is 0 Å². The molecule has 2 aromatic heterocycles. The molecule has 0 aliphatic rings. The van der Waals surface area contributed by atoms with Crippen molar-refractivity contribution in [2.75, 3.05) is 5.32 Å². The number of aryl methyl sites for hydroxylation is 2. The largest absolute Gasteiger partial charge is 0.364 e. The highest BCUT2D eigenvalue weighted by Gasteiger charge is 2.17. The van der Waals surface area contributed by atoms with Crippen molar-refractivity contribution in [1.82, 2.24) is 30.0 Å². The van der Waals surface area contributed by atoms with Crippen molar-refractivity contribution in [2.24, 2.45) is 0 Å². The first-order valence-electron chi connectivity index (χ1n) is 9.69. The van der Waals surface area contributed by atoms with Gasteiger partial charge in [-0.25, -0.2) is 9.36 Å². The number of aromatic nitrogens is 6. The van der Waals surface area contributed by atoms with E-state index in [1.165, 1.54) is 5.56 Å². The molecule has 3 aromatic carbocycles. The maximum absolute atomic E-state index is 4.43.